The van der Waals surface area contributed by atoms with Crippen LogP contribution in [0.2, 0.25) is 0 Å². The van der Waals surface area contributed by atoms with Crippen molar-refractivity contribution in [1.82, 2.24) is 0 Å². The summed E-state index contributed by atoms with van der Waals surface area (Å²) in [5.41, 5.74) is -0.225. The average molecular weight is 390 g/mol. The number of non-ortho nitro benzene ring substituents is 1. The van der Waals surface area contributed by atoms with Gasteiger partial charge in [-0.3, -0.25) is 30.3 Å². The van der Waals surface area contributed by atoms with E-state index >= 15 is 0 Å². The number of para-hydroxylation sites is 1. The molecule has 28 heavy (non-hydrogen) atoms. The summed E-state index contributed by atoms with van der Waals surface area (Å²) < 4.78 is 0. The molecule has 0 fully saturated rings. The van der Waals surface area contributed by atoms with Crippen LogP contribution < -0.4 is 10.0 Å². The lowest BCUT2D eigenvalue weighted by molar-refractivity contribution is -0.813. The highest BCUT2D eigenvalue weighted by Crippen LogP contribution is 2.36. The molecule has 0 amide bonds. The third kappa shape index (κ3) is 4.38. The quantitative estimate of drug-likeness (QED) is 0.618. The van der Waals surface area contributed by atoms with Crippen molar-refractivity contribution in [2.45, 2.75) is 19.3 Å². The first-order valence-corrected chi connectivity index (χ1v) is 8.33. The molecule has 2 aromatic rings. The molecule has 11 heteroatoms. The topological polar surface area (TPSA) is 157 Å². The van der Waals surface area contributed by atoms with Crippen LogP contribution in [0.1, 0.15) is 24.8 Å². The van der Waals surface area contributed by atoms with Crippen molar-refractivity contribution in [2.24, 2.45) is 0 Å². The molecule has 0 saturated carbocycles. The van der Waals surface area contributed by atoms with Gasteiger partial charge in [0.15, 0.2) is 0 Å². The van der Waals surface area contributed by atoms with Crippen LogP contribution in [0.15, 0.2) is 36.4 Å². The molecule has 3 rings (SSSR count). The van der Waals surface area contributed by atoms with Crippen molar-refractivity contribution in [3.8, 4) is 5.75 Å². The van der Waals surface area contributed by atoms with Crippen LogP contribution in [0, 0.1) is 30.3 Å². The lowest BCUT2D eigenvalue weighted by Gasteiger charge is -2.26. The Bertz CT molecular complexity index is 867. The van der Waals surface area contributed by atoms with E-state index in [4.69, 9.17) is 0 Å². The van der Waals surface area contributed by atoms with Gasteiger partial charge in [0.05, 0.1) is 46.2 Å². The number of benzene rings is 2. The van der Waals surface area contributed by atoms with E-state index in [9.17, 15) is 35.4 Å². The zero-order valence-corrected chi connectivity index (χ0v) is 15.2. The van der Waals surface area contributed by atoms with E-state index in [0.717, 1.165) is 5.92 Å². The normalized spacial score (nSPS) is 17.6. The first-order chi connectivity index (χ1) is 13.1. The van der Waals surface area contributed by atoms with Gasteiger partial charge in [0, 0.05) is 12.0 Å². The van der Waals surface area contributed by atoms with Gasteiger partial charge in [0.25, 0.3) is 17.1 Å². The zero-order valence-electron chi connectivity index (χ0n) is 15.2. The Morgan fingerprint density at radius 1 is 0.964 bits per heavy atom. The Balaban J connectivity index is 0.000000207. The Morgan fingerprint density at radius 2 is 1.50 bits per heavy atom. The third-order valence-electron chi connectivity index (χ3n) is 4.54. The van der Waals surface area contributed by atoms with Crippen molar-refractivity contribution in [1.29, 1.82) is 0 Å². The Morgan fingerprint density at radius 3 is 1.96 bits per heavy atom. The van der Waals surface area contributed by atoms with Gasteiger partial charge in [-0.25, -0.2) is 0 Å². The molecule has 2 aromatic carbocycles. The van der Waals surface area contributed by atoms with Crippen LogP contribution in [-0.4, -0.2) is 28.4 Å². The second kappa shape index (κ2) is 8.39. The number of nitrogens with one attached hydrogen (secondary N) is 1. The van der Waals surface area contributed by atoms with E-state index in [1.807, 2.05) is 0 Å². The molecule has 0 aliphatic carbocycles. The third-order valence-corrected chi connectivity index (χ3v) is 4.54. The van der Waals surface area contributed by atoms with Gasteiger partial charge in [-0.2, -0.15) is 0 Å². The van der Waals surface area contributed by atoms with Gasteiger partial charge in [-0.1, -0.05) is 25.1 Å². The number of fused-ring (bicyclic) bond motifs is 1. The fourth-order valence-electron chi connectivity index (χ4n) is 3.00. The summed E-state index contributed by atoms with van der Waals surface area (Å²) in [7, 11) is 2.25. The summed E-state index contributed by atoms with van der Waals surface area (Å²) in [5, 5.41) is 42.1. The Hall–Kier alpha value is -3.60. The number of nitro benzene ring substituents is 3. The van der Waals surface area contributed by atoms with Crippen LogP contribution in [0.25, 0.3) is 0 Å². The lowest BCUT2D eigenvalue weighted by atomic mass is 9.92. The summed E-state index contributed by atoms with van der Waals surface area (Å²) in [6.07, 6.45) is 1.32. The largest absolute Gasteiger partial charge is 0.863 e. The Labute approximate surface area is 159 Å². The van der Waals surface area contributed by atoms with Gasteiger partial charge in [0.2, 0.25) is 0 Å². The number of hydrogen-bond donors (Lipinski definition) is 1. The van der Waals surface area contributed by atoms with Crippen molar-refractivity contribution in [3.63, 3.8) is 0 Å². The molecule has 0 aromatic heterocycles. The molecule has 2 atom stereocenters. The SMILES string of the molecule is CC1CC[NH+](C)c2ccccc21.O=[N+]([O-])c1cc([N+](=O)[O-])c([O-])c([N+](=O)[O-])c1. The Kier molecular flexibility index (Phi) is 6.21. The molecule has 1 heterocycles. The standard InChI is InChI=1S/C11H15N.C6H3N3O7/c1-9-7-8-12(2)11-6-4-3-5-10(9)11;10-6-4(8(13)14)1-3(7(11)12)2-5(6)9(15)16/h3-6,9H,7-8H2,1-2H3;1-2,10H. The number of hydrogen-bond acceptors (Lipinski definition) is 7. The molecule has 1 aliphatic rings. The summed E-state index contributed by atoms with van der Waals surface area (Å²) in [5.74, 6) is -0.703. The number of nitrogens with zero attached hydrogens (tertiary/aromatic N) is 3. The van der Waals surface area contributed by atoms with Crippen molar-refractivity contribution >= 4 is 22.7 Å². The van der Waals surface area contributed by atoms with E-state index in [1.54, 1.807) is 10.5 Å². The minimum absolute atomic E-state index is 0.384. The zero-order chi connectivity index (χ0) is 21.0. The summed E-state index contributed by atoms with van der Waals surface area (Å²) in [6.45, 7) is 3.60. The fraction of sp³-hybridized carbons (Fsp3) is 0.294. The highest BCUT2D eigenvalue weighted by molar-refractivity contribution is 5.64. The predicted octanol–water partition coefficient (Wildman–Crippen LogP) is 1.82. The maximum atomic E-state index is 11.1. The molecular weight excluding hydrogens is 372 g/mol. The minimum Gasteiger partial charge on any atom is -0.863 e. The monoisotopic (exact) mass is 390 g/mol. The summed E-state index contributed by atoms with van der Waals surface area (Å²) >= 11 is 0. The molecule has 0 spiro atoms. The fourth-order valence-corrected chi connectivity index (χ4v) is 3.00. The maximum absolute atomic E-state index is 11.1. The molecular formula is C17H18N4O7. The molecule has 11 nitrogen and oxygen atoms in total. The second-order valence-corrected chi connectivity index (χ2v) is 6.39. The van der Waals surface area contributed by atoms with Crippen LogP contribution >= 0.6 is 0 Å². The molecule has 0 bridgehead atoms. The van der Waals surface area contributed by atoms with Crippen LogP contribution in [0.4, 0.5) is 22.7 Å². The van der Waals surface area contributed by atoms with Gasteiger partial charge < -0.3 is 10.0 Å². The first kappa shape index (κ1) is 20.7. The van der Waals surface area contributed by atoms with Crippen LogP contribution in [0.3, 0.4) is 0 Å². The second-order valence-electron chi connectivity index (χ2n) is 6.39. The van der Waals surface area contributed by atoms with Gasteiger partial charge in [0.1, 0.15) is 5.69 Å². The highest BCUT2D eigenvalue weighted by atomic mass is 16.6. The van der Waals surface area contributed by atoms with Crippen molar-refractivity contribution < 1.29 is 24.8 Å². The minimum atomic E-state index is -1.46. The summed E-state index contributed by atoms with van der Waals surface area (Å²) in [4.78, 5) is 29.1. The van der Waals surface area contributed by atoms with Crippen molar-refractivity contribution in [3.05, 3.63) is 72.3 Å². The van der Waals surface area contributed by atoms with E-state index in [1.165, 1.54) is 18.7 Å². The van der Waals surface area contributed by atoms with Crippen molar-refractivity contribution in [2.75, 3.05) is 13.6 Å². The predicted molar refractivity (Wildman–Crippen MR) is 96.7 cm³/mol. The maximum Gasteiger partial charge on any atom is 0.283 e. The average Bonchev–Trinajstić information content (AvgIpc) is 2.65. The van der Waals surface area contributed by atoms with Gasteiger partial charge >= 0.3 is 0 Å². The molecule has 0 saturated heterocycles. The smallest absolute Gasteiger partial charge is 0.283 e. The van der Waals surface area contributed by atoms with E-state index in [2.05, 4.69) is 38.2 Å². The molecule has 0 radical (unpaired) electrons. The summed E-state index contributed by atoms with van der Waals surface area (Å²) in [6, 6.07) is 9.57. The number of quaternary nitrogens is 1. The van der Waals surface area contributed by atoms with E-state index < -0.39 is 37.6 Å². The highest BCUT2D eigenvalue weighted by Gasteiger charge is 2.24. The first-order valence-electron chi connectivity index (χ1n) is 8.33. The van der Waals surface area contributed by atoms with Crippen LogP contribution in [0.5, 0.6) is 5.75 Å². The molecule has 1 aliphatic heterocycles. The molecule has 148 valence electrons. The molecule has 2 unspecified atom stereocenters. The van der Waals surface area contributed by atoms with Crippen LogP contribution in [-0.2, 0) is 0 Å². The number of nitro groups is 3. The lowest BCUT2D eigenvalue weighted by Crippen LogP contribution is -3.05. The van der Waals surface area contributed by atoms with Gasteiger partial charge in [-0.15, -0.1) is 0 Å². The molecule has 1 N–H and O–H groups in total. The van der Waals surface area contributed by atoms with E-state index in [0.29, 0.717) is 12.1 Å². The van der Waals surface area contributed by atoms with Gasteiger partial charge in [-0.05, 0) is 12.0 Å². The van der Waals surface area contributed by atoms with E-state index in [-0.39, 0.29) is 0 Å². The number of rotatable bonds is 3.